The van der Waals surface area contributed by atoms with E-state index >= 15 is 0 Å². The summed E-state index contributed by atoms with van der Waals surface area (Å²) in [5.41, 5.74) is 1.03. The molecule has 3 heterocycles. The number of aryl methyl sites for hydroxylation is 2. The maximum atomic E-state index is 4.58. The lowest BCUT2D eigenvalue weighted by molar-refractivity contribution is 0.594. The zero-order chi connectivity index (χ0) is 19.1. The molecule has 0 radical (unpaired) electrons. The zero-order valence-corrected chi connectivity index (χ0v) is 17.3. The second-order valence-electron chi connectivity index (χ2n) is 6.97. The Morgan fingerprint density at radius 3 is 2.93 bits per heavy atom. The van der Waals surface area contributed by atoms with Crippen molar-refractivity contribution in [1.82, 2.24) is 30.4 Å². The van der Waals surface area contributed by atoms with E-state index in [9.17, 15) is 0 Å². The van der Waals surface area contributed by atoms with E-state index in [1.54, 1.807) is 18.4 Å². The highest BCUT2D eigenvalue weighted by atomic mass is 32.1. The Kier molecular flexibility index (Phi) is 7.03. The van der Waals surface area contributed by atoms with E-state index in [1.807, 2.05) is 19.0 Å². The van der Waals surface area contributed by atoms with Crippen LogP contribution in [0.15, 0.2) is 10.4 Å². The number of aliphatic imine (C=N–C) groups is 1. The summed E-state index contributed by atoms with van der Waals surface area (Å²) < 4.78 is 2.32. The number of thiazole rings is 1. The Morgan fingerprint density at radius 2 is 2.15 bits per heavy atom. The van der Waals surface area contributed by atoms with Crippen LogP contribution in [0.25, 0.3) is 0 Å². The quantitative estimate of drug-likeness (QED) is 0.426. The highest BCUT2D eigenvalue weighted by Gasteiger charge is 2.14. The average molecular weight is 391 g/mol. The van der Waals surface area contributed by atoms with Gasteiger partial charge < -0.3 is 20.1 Å². The Hall–Kier alpha value is -2.16. The van der Waals surface area contributed by atoms with Crippen molar-refractivity contribution in [2.24, 2.45) is 4.99 Å². The van der Waals surface area contributed by atoms with E-state index in [-0.39, 0.29) is 0 Å². The fourth-order valence-electron chi connectivity index (χ4n) is 3.16. The van der Waals surface area contributed by atoms with Crippen LogP contribution >= 0.6 is 11.3 Å². The molecule has 9 heteroatoms. The SMILES string of the molecule is CN=C(NCCCc1nnc2n1CCCCC2)NCc1csc(N(C)C)n1. The van der Waals surface area contributed by atoms with Gasteiger partial charge in [0.15, 0.2) is 11.1 Å². The Bertz CT molecular complexity index is 748. The lowest BCUT2D eigenvalue weighted by Gasteiger charge is -2.11. The molecular formula is C18H30N8S. The smallest absolute Gasteiger partial charge is 0.191 e. The predicted octanol–water partition coefficient (Wildman–Crippen LogP) is 1.82. The van der Waals surface area contributed by atoms with Crippen LogP contribution < -0.4 is 15.5 Å². The Morgan fingerprint density at radius 1 is 1.26 bits per heavy atom. The van der Waals surface area contributed by atoms with E-state index in [2.05, 4.69) is 40.8 Å². The maximum Gasteiger partial charge on any atom is 0.191 e. The molecule has 0 spiro atoms. The van der Waals surface area contributed by atoms with Gasteiger partial charge in [-0.2, -0.15) is 0 Å². The van der Waals surface area contributed by atoms with Crippen LogP contribution in [0.2, 0.25) is 0 Å². The van der Waals surface area contributed by atoms with Gasteiger partial charge in [-0.15, -0.1) is 21.5 Å². The first-order chi connectivity index (χ1) is 13.2. The molecule has 27 heavy (non-hydrogen) atoms. The number of hydrogen-bond donors (Lipinski definition) is 2. The molecule has 1 aliphatic heterocycles. The van der Waals surface area contributed by atoms with E-state index in [0.717, 1.165) is 60.8 Å². The van der Waals surface area contributed by atoms with Gasteiger partial charge in [0.25, 0.3) is 0 Å². The molecule has 0 bridgehead atoms. The fraction of sp³-hybridized carbons (Fsp3) is 0.667. The molecule has 3 rings (SSSR count). The molecule has 0 aromatic carbocycles. The maximum absolute atomic E-state index is 4.58. The number of fused-ring (bicyclic) bond motifs is 1. The van der Waals surface area contributed by atoms with Gasteiger partial charge in [-0.3, -0.25) is 4.99 Å². The number of guanidine groups is 1. The minimum atomic E-state index is 0.668. The summed E-state index contributed by atoms with van der Waals surface area (Å²) in [6.07, 6.45) is 6.76. The van der Waals surface area contributed by atoms with Crippen LogP contribution in [-0.4, -0.2) is 53.4 Å². The van der Waals surface area contributed by atoms with Crippen molar-refractivity contribution in [2.75, 3.05) is 32.6 Å². The monoisotopic (exact) mass is 390 g/mol. The average Bonchev–Trinajstić information content (AvgIpc) is 3.22. The van der Waals surface area contributed by atoms with Crippen LogP contribution in [-0.2, 0) is 25.9 Å². The molecule has 2 aromatic heterocycles. The Balaban J connectivity index is 1.40. The molecule has 0 amide bonds. The third kappa shape index (κ3) is 5.41. The van der Waals surface area contributed by atoms with Crippen molar-refractivity contribution >= 4 is 22.4 Å². The van der Waals surface area contributed by atoms with E-state index in [0.29, 0.717) is 6.54 Å². The first kappa shape index (κ1) is 19.6. The van der Waals surface area contributed by atoms with Crippen LogP contribution in [0.3, 0.4) is 0 Å². The summed E-state index contributed by atoms with van der Waals surface area (Å²) >= 11 is 1.65. The minimum Gasteiger partial charge on any atom is -0.356 e. The number of anilines is 1. The van der Waals surface area contributed by atoms with Crippen LogP contribution in [0.5, 0.6) is 0 Å². The van der Waals surface area contributed by atoms with Gasteiger partial charge in [-0.25, -0.2) is 4.98 Å². The molecule has 0 aliphatic carbocycles. The fourth-order valence-corrected chi connectivity index (χ4v) is 3.92. The van der Waals surface area contributed by atoms with Gasteiger partial charge in [0.1, 0.15) is 11.6 Å². The first-order valence-electron chi connectivity index (χ1n) is 9.64. The molecule has 0 atom stereocenters. The van der Waals surface area contributed by atoms with Gasteiger partial charge >= 0.3 is 0 Å². The van der Waals surface area contributed by atoms with Crippen molar-refractivity contribution in [2.45, 2.75) is 51.6 Å². The molecular weight excluding hydrogens is 360 g/mol. The van der Waals surface area contributed by atoms with Gasteiger partial charge in [-0.05, 0) is 19.3 Å². The number of hydrogen-bond acceptors (Lipinski definition) is 6. The van der Waals surface area contributed by atoms with Crippen molar-refractivity contribution in [3.05, 3.63) is 22.7 Å². The standard InChI is InChI=1S/C18H30N8S/c1-19-17(21-12-14-13-27-18(22-14)25(2)3)20-10-7-9-16-24-23-15-8-5-4-6-11-26(15)16/h13H,4-12H2,1-3H3,(H2,19,20,21). The number of nitrogens with one attached hydrogen (secondary N) is 2. The lowest BCUT2D eigenvalue weighted by Crippen LogP contribution is -2.37. The first-order valence-corrected chi connectivity index (χ1v) is 10.5. The van der Waals surface area contributed by atoms with Gasteiger partial charge in [-0.1, -0.05) is 6.42 Å². The third-order valence-electron chi connectivity index (χ3n) is 4.64. The summed E-state index contributed by atoms with van der Waals surface area (Å²) in [6, 6.07) is 0. The van der Waals surface area contributed by atoms with Crippen molar-refractivity contribution < 1.29 is 0 Å². The molecule has 0 unspecified atom stereocenters. The molecule has 2 aromatic rings. The van der Waals surface area contributed by atoms with Crippen molar-refractivity contribution in [1.29, 1.82) is 0 Å². The number of nitrogens with zero attached hydrogens (tertiary/aromatic N) is 6. The van der Waals surface area contributed by atoms with Gasteiger partial charge in [0, 0.05) is 52.5 Å². The minimum absolute atomic E-state index is 0.668. The molecule has 8 nitrogen and oxygen atoms in total. The zero-order valence-electron chi connectivity index (χ0n) is 16.5. The van der Waals surface area contributed by atoms with E-state index < -0.39 is 0 Å². The number of aromatic nitrogens is 4. The highest BCUT2D eigenvalue weighted by molar-refractivity contribution is 7.13. The summed E-state index contributed by atoms with van der Waals surface area (Å²) in [5.74, 6) is 3.08. The van der Waals surface area contributed by atoms with Crippen LogP contribution in [0.1, 0.15) is 43.0 Å². The summed E-state index contributed by atoms with van der Waals surface area (Å²) in [4.78, 5) is 10.9. The van der Waals surface area contributed by atoms with Gasteiger partial charge in [0.2, 0.25) is 0 Å². The summed E-state index contributed by atoms with van der Waals surface area (Å²) in [5, 5.41) is 18.6. The van der Waals surface area contributed by atoms with Gasteiger partial charge in [0.05, 0.1) is 12.2 Å². The molecule has 0 fully saturated rings. The molecule has 1 aliphatic rings. The summed E-state index contributed by atoms with van der Waals surface area (Å²) in [6.45, 7) is 2.58. The van der Waals surface area contributed by atoms with E-state index in [4.69, 9.17) is 0 Å². The Labute approximate surface area is 165 Å². The molecule has 0 saturated heterocycles. The topological polar surface area (TPSA) is 83.3 Å². The van der Waals surface area contributed by atoms with Crippen LogP contribution in [0.4, 0.5) is 5.13 Å². The predicted molar refractivity (Wildman–Crippen MR) is 111 cm³/mol. The second kappa shape index (κ2) is 9.68. The lowest BCUT2D eigenvalue weighted by atomic mass is 10.2. The van der Waals surface area contributed by atoms with Crippen molar-refractivity contribution in [3.8, 4) is 0 Å². The second-order valence-corrected chi connectivity index (χ2v) is 7.80. The highest BCUT2D eigenvalue weighted by Crippen LogP contribution is 2.17. The normalized spacial score (nSPS) is 14.6. The molecule has 148 valence electrons. The van der Waals surface area contributed by atoms with Crippen LogP contribution in [0, 0.1) is 0 Å². The number of rotatable bonds is 7. The van der Waals surface area contributed by atoms with E-state index in [1.165, 1.54) is 19.3 Å². The molecule has 0 saturated carbocycles. The third-order valence-corrected chi connectivity index (χ3v) is 5.70. The van der Waals surface area contributed by atoms with Crippen molar-refractivity contribution in [3.63, 3.8) is 0 Å². The largest absolute Gasteiger partial charge is 0.356 e. The summed E-state index contributed by atoms with van der Waals surface area (Å²) in [7, 11) is 5.80. The molecule has 2 N–H and O–H groups in total.